The van der Waals surface area contributed by atoms with Crippen molar-refractivity contribution in [2.75, 3.05) is 6.61 Å². The summed E-state index contributed by atoms with van der Waals surface area (Å²) in [7, 11) is 0. The van der Waals surface area contributed by atoms with Crippen molar-refractivity contribution in [3.05, 3.63) is 130 Å². The predicted octanol–water partition coefficient (Wildman–Crippen LogP) is 5.45. The van der Waals surface area contributed by atoms with E-state index < -0.39 is 17.5 Å². The minimum absolute atomic E-state index is 0.253. The smallest absolute Gasteiger partial charge is 0.343 e. The molecule has 192 valence electrons. The number of rotatable bonds is 9. The number of nitrogens with zero attached hydrogens (tertiary/aromatic N) is 1. The number of esters is 1. The molecule has 0 aliphatic heterocycles. The van der Waals surface area contributed by atoms with Gasteiger partial charge in [-0.25, -0.2) is 10.2 Å². The molecule has 4 aromatic rings. The van der Waals surface area contributed by atoms with Gasteiger partial charge in [-0.2, -0.15) is 5.10 Å². The van der Waals surface area contributed by atoms with Crippen LogP contribution in [0.3, 0.4) is 0 Å². The molecule has 1 amide bonds. The quantitative estimate of drug-likeness (QED) is 0.120. The molecule has 0 bridgehead atoms. The number of hydrazone groups is 1. The number of carbonyl (C=O) groups is 2. The molecule has 0 unspecified atom stereocenters. The van der Waals surface area contributed by atoms with Crippen molar-refractivity contribution in [2.45, 2.75) is 12.5 Å². The fourth-order valence-electron chi connectivity index (χ4n) is 3.74. The Labute approximate surface area is 228 Å². The molecule has 0 saturated carbocycles. The van der Waals surface area contributed by atoms with E-state index in [1.54, 1.807) is 103 Å². The molecule has 0 radical (unpaired) electrons. The van der Waals surface area contributed by atoms with Crippen molar-refractivity contribution in [1.29, 1.82) is 0 Å². The summed E-state index contributed by atoms with van der Waals surface area (Å²) in [5, 5.41) is 15.6. The molecular formula is C30H25BrN2O5. The molecule has 38 heavy (non-hydrogen) atoms. The van der Waals surface area contributed by atoms with E-state index in [1.807, 2.05) is 6.92 Å². The average molecular weight is 573 g/mol. The number of hydrogen-bond donors (Lipinski definition) is 2. The normalized spacial score (nSPS) is 11.2. The number of nitrogens with one attached hydrogen (secondary N) is 1. The zero-order chi connectivity index (χ0) is 27.0. The largest absolute Gasteiger partial charge is 0.490 e. The third-order valence-electron chi connectivity index (χ3n) is 5.64. The topological polar surface area (TPSA) is 97.2 Å². The van der Waals surface area contributed by atoms with Crippen LogP contribution in [0.1, 0.15) is 34.0 Å². The molecule has 0 aromatic heterocycles. The van der Waals surface area contributed by atoms with Crippen molar-refractivity contribution in [1.82, 2.24) is 5.43 Å². The first-order chi connectivity index (χ1) is 18.4. The molecule has 0 fully saturated rings. The van der Waals surface area contributed by atoms with E-state index in [2.05, 4.69) is 26.5 Å². The summed E-state index contributed by atoms with van der Waals surface area (Å²) >= 11 is 3.34. The van der Waals surface area contributed by atoms with Crippen LogP contribution in [0.25, 0.3) is 0 Å². The lowest BCUT2D eigenvalue weighted by Gasteiger charge is -2.27. The highest BCUT2D eigenvalue weighted by atomic mass is 79.9. The Balaban J connectivity index is 1.52. The Morgan fingerprint density at radius 2 is 1.50 bits per heavy atom. The molecule has 0 aliphatic carbocycles. The van der Waals surface area contributed by atoms with Gasteiger partial charge < -0.3 is 14.6 Å². The highest BCUT2D eigenvalue weighted by Crippen LogP contribution is 2.31. The van der Waals surface area contributed by atoms with Crippen LogP contribution in [-0.4, -0.2) is 29.8 Å². The van der Waals surface area contributed by atoms with E-state index in [0.29, 0.717) is 34.6 Å². The minimum Gasteiger partial charge on any atom is -0.490 e. The van der Waals surface area contributed by atoms with Crippen LogP contribution >= 0.6 is 15.9 Å². The van der Waals surface area contributed by atoms with Crippen LogP contribution in [0.2, 0.25) is 0 Å². The zero-order valence-corrected chi connectivity index (χ0v) is 22.1. The second kappa shape index (κ2) is 12.3. The molecule has 7 nitrogen and oxygen atoms in total. The molecule has 0 saturated heterocycles. The Bertz CT molecular complexity index is 1380. The first-order valence-corrected chi connectivity index (χ1v) is 12.6. The maximum Gasteiger partial charge on any atom is 0.343 e. The molecule has 4 rings (SSSR count). The maximum atomic E-state index is 13.2. The van der Waals surface area contributed by atoms with Crippen LogP contribution in [0.15, 0.2) is 113 Å². The SMILES string of the molecule is CCOc1cc(C=NNC(=O)C(O)(c2ccccc2)c2ccccc2)ccc1OC(=O)c1ccc(Br)cc1. The number of carbonyl (C=O) groups excluding carboxylic acids is 2. The van der Waals surface area contributed by atoms with Crippen LogP contribution in [0, 0.1) is 0 Å². The third kappa shape index (κ3) is 6.16. The molecule has 0 heterocycles. The maximum absolute atomic E-state index is 13.2. The van der Waals surface area contributed by atoms with Gasteiger partial charge >= 0.3 is 5.97 Å². The van der Waals surface area contributed by atoms with Gasteiger partial charge in [0.15, 0.2) is 17.1 Å². The van der Waals surface area contributed by atoms with E-state index in [-0.39, 0.29) is 5.75 Å². The lowest BCUT2D eigenvalue weighted by Crippen LogP contribution is -2.43. The second-order valence-corrected chi connectivity index (χ2v) is 9.09. The summed E-state index contributed by atoms with van der Waals surface area (Å²) in [5.74, 6) is -0.633. The van der Waals surface area contributed by atoms with Gasteiger partial charge in [0.05, 0.1) is 18.4 Å². The van der Waals surface area contributed by atoms with Crippen LogP contribution < -0.4 is 14.9 Å². The minimum atomic E-state index is -1.94. The average Bonchev–Trinajstić information content (AvgIpc) is 2.95. The summed E-state index contributed by atoms with van der Waals surface area (Å²) in [6.45, 7) is 2.16. The summed E-state index contributed by atoms with van der Waals surface area (Å²) in [4.78, 5) is 25.7. The fraction of sp³-hybridized carbons (Fsp3) is 0.100. The number of halogens is 1. The van der Waals surface area contributed by atoms with Crippen LogP contribution in [-0.2, 0) is 10.4 Å². The van der Waals surface area contributed by atoms with Gasteiger partial charge in [0.1, 0.15) is 0 Å². The fourth-order valence-corrected chi connectivity index (χ4v) is 4.00. The summed E-state index contributed by atoms with van der Waals surface area (Å²) in [5.41, 5.74) is 2.30. The highest BCUT2D eigenvalue weighted by molar-refractivity contribution is 9.10. The van der Waals surface area contributed by atoms with Crippen molar-refractivity contribution in [3.8, 4) is 11.5 Å². The Hall–Kier alpha value is -4.27. The van der Waals surface area contributed by atoms with Gasteiger partial charge in [-0.1, -0.05) is 76.6 Å². The third-order valence-corrected chi connectivity index (χ3v) is 6.17. The number of benzene rings is 4. The molecular weight excluding hydrogens is 548 g/mol. The van der Waals surface area contributed by atoms with Gasteiger partial charge in [-0.3, -0.25) is 4.79 Å². The van der Waals surface area contributed by atoms with E-state index in [4.69, 9.17) is 9.47 Å². The highest BCUT2D eigenvalue weighted by Gasteiger charge is 2.39. The first-order valence-electron chi connectivity index (χ1n) is 11.8. The first kappa shape index (κ1) is 26.8. The molecule has 4 aromatic carbocycles. The molecule has 8 heteroatoms. The van der Waals surface area contributed by atoms with Crippen molar-refractivity contribution in [3.63, 3.8) is 0 Å². The van der Waals surface area contributed by atoms with E-state index in [1.165, 1.54) is 6.21 Å². The Morgan fingerprint density at radius 3 is 2.08 bits per heavy atom. The number of ether oxygens (including phenoxy) is 2. The van der Waals surface area contributed by atoms with E-state index >= 15 is 0 Å². The van der Waals surface area contributed by atoms with Crippen molar-refractivity contribution in [2.24, 2.45) is 5.10 Å². The van der Waals surface area contributed by atoms with Gasteiger partial charge in [0.25, 0.3) is 5.91 Å². The number of amides is 1. The van der Waals surface area contributed by atoms with Crippen molar-refractivity contribution < 1.29 is 24.2 Å². The molecule has 0 atom stereocenters. The van der Waals surface area contributed by atoms with Crippen LogP contribution in [0.4, 0.5) is 0 Å². The lowest BCUT2D eigenvalue weighted by molar-refractivity contribution is -0.136. The number of hydrogen-bond acceptors (Lipinski definition) is 6. The predicted molar refractivity (Wildman–Crippen MR) is 148 cm³/mol. The van der Waals surface area contributed by atoms with Crippen LogP contribution in [0.5, 0.6) is 11.5 Å². The summed E-state index contributed by atoms with van der Waals surface area (Å²) in [6, 6.07) is 29.1. The molecule has 2 N–H and O–H groups in total. The summed E-state index contributed by atoms with van der Waals surface area (Å²) in [6.07, 6.45) is 1.41. The lowest BCUT2D eigenvalue weighted by atomic mass is 9.85. The van der Waals surface area contributed by atoms with E-state index in [0.717, 1.165) is 4.47 Å². The monoisotopic (exact) mass is 572 g/mol. The van der Waals surface area contributed by atoms with Gasteiger partial charge in [-0.15, -0.1) is 0 Å². The summed E-state index contributed by atoms with van der Waals surface area (Å²) < 4.78 is 12.0. The Morgan fingerprint density at radius 1 is 0.895 bits per heavy atom. The standard InChI is InChI=1S/C30H25BrN2O5/c1-2-37-27-19-21(13-18-26(27)38-28(34)22-14-16-25(31)17-15-22)20-32-33-29(35)30(36,23-9-5-3-6-10-23)24-11-7-4-8-12-24/h3-20,36H,2H2,1H3,(H,33,35). The molecule has 0 spiro atoms. The van der Waals surface area contributed by atoms with E-state index in [9.17, 15) is 14.7 Å². The van der Waals surface area contributed by atoms with Gasteiger partial charge in [-0.05, 0) is 66.1 Å². The zero-order valence-electron chi connectivity index (χ0n) is 20.5. The van der Waals surface area contributed by atoms with Gasteiger partial charge in [0.2, 0.25) is 0 Å². The van der Waals surface area contributed by atoms with Crippen molar-refractivity contribution >= 4 is 34.0 Å². The second-order valence-electron chi connectivity index (χ2n) is 8.18. The van der Waals surface area contributed by atoms with Gasteiger partial charge in [0, 0.05) is 4.47 Å². The molecule has 0 aliphatic rings. The number of aliphatic hydroxyl groups is 1. The Kier molecular flexibility index (Phi) is 8.68.